The number of rotatable bonds is 3. The average molecular weight is 285 g/mol. The Morgan fingerprint density at radius 2 is 2.06 bits per heavy atom. The molecule has 0 unspecified atom stereocenters. The first-order valence-electron chi connectivity index (χ1n) is 6.47. The predicted molar refractivity (Wildman–Crippen MR) is 78.9 cm³/mol. The Balaban J connectivity index is 1.82. The Bertz CT molecular complexity index is 430. The normalized spacial score (nSPS) is 16.0. The van der Waals surface area contributed by atoms with Crippen LogP contribution in [0.4, 0.5) is 0 Å². The number of amidine groups is 1. The third-order valence-electron chi connectivity index (χ3n) is 3.11. The summed E-state index contributed by atoms with van der Waals surface area (Å²) in [7, 11) is 0. The number of hydrogen-bond donors (Lipinski definition) is 1. The van der Waals surface area contributed by atoms with Gasteiger partial charge in [0.1, 0.15) is 0 Å². The minimum absolute atomic E-state index is 0.685. The molecule has 2 rings (SSSR count). The van der Waals surface area contributed by atoms with Crippen LogP contribution in [0.3, 0.4) is 0 Å². The van der Waals surface area contributed by atoms with Crippen molar-refractivity contribution in [2.45, 2.75) is 32.1 Å². The molecule has 0 saturated heterocycles. The van der Waals surface area contributed by atoms with Crippen LogP contribution in [0.25, 0.3) is 0 Å². The number of benzene rings is 1. The number of halogens is 2. The van der Waals surface area contributed by atoms with Crippen molar-refractivity contribution in [2.24, 2.45) is 4.99 Å². The van der Waals surface area contributed by atoms with Crippen LogP contribution in [0, 0.1) is 0 Å². The quantitative estimate of drug-likeness (QED) is 0.888. The van der Waals surface area contributed by atoms with Gasteiger partial charge in [0.05, 0.1) is 5.84 Å². The lowest BCUT2D eigenvalue weighted by Gasteiger charge is -2.09. The van der Waals surface area contributed by atoms with Crippen LogP contribution in [-0.2, 0) is 6.42 Å². The summed E-state index contributed by atoms with van der Waals surface area (Å²) in [5.74, 6) is 1.15. The summed E-state index contributed by atoms with van der Waals surface area (Å²) in [5, 5.41) is 4.84. The van der Waals surface area contributed by atoms with E-state index in [1.807, 2.05) is 12.1 Å². The second-order valence-electron chi connectivity index (χ2n) is 4.55. The first-order chi connectivity index (χ1) is 8.75. The van der Waals surface area contributed by atoms with E-state index >= 15 is 0 Å². The maximum absolute atomic E-state index is 6.13. The van der Waals surface area contributed by atoms with Crippen LogP contribution in [-0.4, -0.2) is 18.9 Å². The van der Waals surface area contributed by atoms with Crippen molar-refractivity contribution in [3.63, 3.8) is 0 Å². The average Bonchev–Trinajstić information content (AvgIpc) is 2.60. The van der Waals surface area contributed by atoms with Gasteiger partial charge < -0.3 is 5.32 Å². The van der Waals surface area contributed by atoms with Gasteiger partial charge in [0.15, 0.2) is 0 Å². The molecule has 4 heteroatoms. The molecule has 0 aliphatic carbocycles. The van der Waals surface area contributed by atoms with Gasteiger partial charge >= 0.3 is 0 Å². The van der Waals surface area contributed by atoms with Gasteiger partial charge in [0.2, 0.25) is 0 Å². The summed E-state index contributed by atoms with van der Waals surface area (Å²) in [4.78, 5) is 4.54. The Kier molecular flexibility index (Phi) is 5.33. The lowest BCUT2D eigenvalue weighted by molar-refractivity contribution is 0.728. The molecule has 0 saturated carbocycles. The topological polar surface area (TPSA) is 24.4 Å². The molecule has 0 aromatic heterocycles. The molecule has 1 aromatic carbocycles. The number of nitrogens with one attached hydrogen (secondary N) is 1. The summed E-state index contributed by atoms with van der Waals surface area (Å²) >= 11 is 12.0. The van der Waals surface area contributed by atoms with Gasteiger partial charge in [-0.15, -0.1) is 0 Å². The van der Waals surface area contributed by atoms with Gasteiger partial charge in [0.25, 0.3) is 0 Å². The molecular weight excluding hydrogens is 267 g/mol. The van der Waals surface area contributed by atoms with Crippen molar-refractivity contribution in [1.29, 1.82) is 0 Å². The first kappa shape index (κ1) is 13.7. The largest absolute Gasteiger partial charge is 0.374 e. The smallest absolute Gasteiger partial charge is 0.0963 e. The van der Waals surface area contributed by atoms with E-state index in [0.717, 1.165) is 42.4 Å². The minimum Gasteiger partial charge on any atom is -0.374 e. The molecule has 0 spiro atoms. The van der Waals surface area contributed by atoms with Crippen LogP contribution < -0.4 is 5.32 Å². The molecule has 0 fully saturated rings. The van der Waals surface area contributed by atoms with E-state index in [4.69, 9.17) is 23.2 Å². The van der Waals surface area contributed by atoms with Crippen molar-refractivity contribution in [2.75, 3.05) is 13.1 Å². The zero-order valence-corrected chi connectivity index (χ0v) is 11.9. The van der Waals surface area contributed by atoms with Crippen LogP contribution in [0.5, 0.6) is 0 Å². The molecule has 1 aliphatic heterocycles. The summed E-state index contributed by atoms with van der Waals surface area (Å²) < 4.78 is 0. The van der Waals surface area contributed by atoms with Crippen LogP contribution in [0.15, 0.2) is 23.2 Å². The fraction of sp³-hybridized carbons (Fsp3) is 0.500. The summed E-state index contributed by atoms with van der Waals surface area (Å²) in [6, 6.07) is 5.66. The van der Waals surface area contributed by atoms with Crippen molar-refractivity contribution in [3.05, 3.63) is 33.8 Å². The number of aliphatic imine (C=N–C) groups is 1. The van der Waals surface area contributed by atoms with Crippen molar-refractivity contribution < 1.29 is 0 Å². The summed E-state index contributed by atoms with van der Waals surface area (Å²) in [6.45, 7) is 1.84. The van der Waals surface area contributed by atoms with Gasteiger partial charge in [-0.05, 0) is 37.0 Å². The van der Waals surface area contributed by atoms with Crippen LogP contribution >= 0.6 is 23.2 Å². The highest BCUT2D eigenvalue weighted by Crippen LogP contribution is 2.21. The van der Waals surface area contributed by atoms with Crippen LogP contribution in [0.1, 0.15) is 31.2 Å². The second kappa shape index (κ2) is 7.01. The van der Waals surface area contributed by atoms with E-state index in [0.29, 0.717) is 5.02 Å². The molecule has 0 bridgehead atoms. The summed E-state index contributed by atoms with van der Waals surface area (Å²) in [6.07, 6.45) is 5.72. The Hall–Kier alpha value is -0.730. The molecule has 98 valence electrons. The molecule has 0 amide bonds. The van der Waals surface area contributed by atoms with E-state index < -0.39 is 0 Å². The minimum atomic E-state index is 0.685. The first-order valence-corrected chi connectivity index (χ1v) is 7.22. The molecule has 2 nitrogen and oxygen atoms in total. The van der Waals surface area contributed by atoms with Gasteiger partial charge in [-0.3, -0.25) is 4.99 Å². The number of hydrogen-bond acceptors (Lipinski definition) is 2. The standard InChI is InChI=1S/C14H18Cl2N2/c15-12-6-5-11(13(16)10-12)7-9-18-14-4-2-1-3-8-17-14/h5-6,10H,1-4,7-9H2,(H,17,18). The summed E-state index contributed by atoms with van der Waals surface area (Å²) in [5.41, 5.74) is 1.13. The van der Waals surface area contributed by atoms with Crippen molar-refractivity contribution >= 4 is 29.0 Å². The molecule has 1 aromatic rings. The monoisotopic (exact) mass is 284 g/mol. The Labute approximate surface area is 118 Å². The third kappa shape index (κ3) is 4.18. The van der Waals surface area contributed by atoms with E-state index in [1.54, 1.807) is 6.07 Å². The maximum Gasteiger partial charge on any atom is 0.0963 e. The SMILES string of the molecule is Clc1ccc(CCNC2=NCCCCC2)c(Cl)c1. The van der Waals surface area contributed by atoms with Crippen LogP contribution in [0.2, 0.25) is 10.0 Å². The Morgan fingerprint density at radius 3 is 2.89 bits per heavy atom. The zero-order chi connectivity index (χ0) is 12.8. The van der Waals surface area contributed by atoms with Gasteiger partial charge in [-0.1, -0.05) is 35.7 Å². The van der Waals surface area contributed by atoms with Gasteiger partial charge in [-0.2, -0.15) is 0 Å². The highest BCUT2D eigenvalue weighted by Gasteiger charge is 2.05. The van der Waals surface area contributed by atoms with Crippen molar-refractivity contribution in [3.8, 4) is 0 Å². The molecule has 1 N–H and O–H groups in total. The van der Waals surface area contributed by atoms with Crippen molar-refractivity contribution in [1.82, 2.24) is 5.32 Å². The maximum atomic E-state index is 6.13. The molecule has 1 heterocycles. The highest BCUT2D eigenvalue weighted by atomic mass is 35.5. The second-order valence-corrected chi connectivity index (χ2v) is 5.40. The molecular formula is C14H18Cl2N2. The lowest BCUT2D eigenvalue weighted by atomic mass is 10.1. The highest BCUT2D eigenvalue weighted by molar-refractivity contribution is 6.35. The zero-order valence-electron chi connectivity index (χ0n) is 10.4. The van der Waals surface area contributed by atoms with E-state index in [1.165, 1.54) is 19.3 Å². The molecule has 0 atom stereocenters. The lowest BCUT2D eigenvalue weighted by Crippen LogP contribution is -2.25. The fourth-order valence-electron chi connectivity index (χ4n) is 2.08. The van der Waals surface area contributed by atoms with E-state index in [-0.39, 0.29) is 0 Å². The third-order valence-corrected chi connectivity index (χ3v) is 3.70. The number of nitrogens with zero attached hydrogens (tertiary/aromatic N) is 1. The molecule has 0 radical (unpaired) electrons. The van der Waals surface area contributed by atoms with E-state index in [2.05, 4.69) is 10.3 Å². The predicted octanol–water partition coefficient (Wildman–Crippen LogP) is 4.10. The fourth-order valence-corrected chi connectivity index (χ4v) is 2.59. The Morgan fingerprint density at radius 1 is 1.17 bits per heavy atom. The molecule has 18 heavy (non-hydrogen) atoms. The van der Waals surface area contributed by atoms with E-state index in [9.17, 15) is 0 Å². The van der Waals surface area contributed by atoms with Gasteiger partial charge in [-0.25, -0.2) is 0 Å². The molecule has 1 aliphatic rings. The van der Waals surface area contributed by atoms with Gasteiger partial charge in [0, 0.05) is 29.6 Å².